The Balaban J connectivity index is 0.00000364. The molecule has 3 N–H and O–H groups in total. The number of rotatable bonds is 9. The third-order valence-corrected chi connectivity index (χ3v) is 4.12. The Bertz CT molecular complexity index is 736. The highest BCUT2D eigenvalue weighted by molar-refractivity contribution is 5.85. The maximum atomic E-state index is 12.1. The van der Waals surface area contributed by atoms with Crippen LogP contribution in [0.25, 0.3) is 0 Å². The maximum absolute atomic E-state index is 12.1. The number of amides is 1. The Morgan fingerprint density at radius 3 is 2.19 bits per heavy atom. The molecule has 0 aliphatic rings. The SMILES string of the molecule is COc1ccc(CCC(=O)NCCc2ccc(N)cc2)c(OC)c1OC.Cl. The first-order chi connectivity index (χ1) is 12.6. The van der Waals surface area contributed by atoms with Crippen LogP contribution in [0.4, 0.5) is 5.69 Å². The minimum absolute atomic E-state index is 0. The van der Waals surface area contributed by atoms with E-state index in [0.29, 0.717) is 36.6 Å². The van der Waals surface area contributed by atoms with Gasteiger partial charge in [-0.2, -0.15) is 0 Å². The minimum atomic E-state index is -0.00252. The van der Waals surface area contributed by atoms with Gasteiger partial charge in [0.05, 0.1) is 21.3 Å². The smallest absolute Gasteiger partial charge is 0.220 e. The monoisotopic (exact) mass is 394 g/mol. The number of nitrogens with one attached hydrogen (secondary N) is 1. The molecule has 2 aromatic rings. The van der Waals surface area contributed by atoms with Crippen LogP contribution < -0.4 is 25.3 Å². The number of carbonyl (C=O) groups excluding carboxylic acids is 1. The van der Waals surface area contributed by atoms with Crippen molar-refractivity contribution in [2.24, 2.45) is 0 Å². The summed E-state index contributed by atoms with van der Waals surface area (Å²) in [7, 11) is 4.72. The molecule has 1 amide bonds. The Kier molecular flexibility index (Phi) is 9.30. The number of nitrogens with two attached hydrogens (primary N) is 1. The Hall–Kier alpha value is -2.60. The van der Waals surface area contributed by atoms with Crippen LogP contribution in [0.15, 0.2) is 36.4 Å². The highest BCUT2D eigenvalue weighted by atomic mass is 35.5. The van der Waals surface area contributed by atoms with E-state index in [2.05, 4.69) is 5.32 Å². The molecule has 0 saturated heterocycles. The molecular formula is C20H27ClN2O4. The van der Waals surface area contributed by atoms with Crippen LogP contribution >= 0.6 is 12.4 Å². The predicted molar refractivity (Wildman–Crippen MR) is 109 cm³/mol. The summed E-state index contributed by atoms with van der Waals surface area (Å²) in [6.07, 6.45) is 1.69. The van der Waals surface area contributed by atoms with Gasteiger partial charge in [0.1, 0.15) is 0 Å². The van der Waals surface area contributed by atoms with Crippen LogP contribution in [-0.4, -0.2) is 33.8 Å². The summed E-state index contributed by atoms with van der Waals surface area (Å²) in [5.74, 6) is 1.73. The van der Waals surface area contributed by atoms with Crippen molar-refractivity contribution in [1.82, 2.24) is 5.32 Å². The van der Waals surface area contributed by atoms with Crippen molar-refractivity contribution in [2.75, 3.05) is 33.6 Å². The summed E-state index contributed by atoms with van der Waals surface area (Å²) in [5.41, 5.74) is 8.44. The Morgan fingerprint density at radius 2 is 1.59 bits per heavy atom. The van der Waals surface area contributed by atoms with Crippen molar-refractivity contribution in [1.29, 1.82) is 0 Å². The molecule has 0 spiro atoms. The average Bonchev–Trinajstić information content (AvgIpc) is 2.66. The highest BCUT2D eigenvalue weighted by Crippen LogP contribution is 2.40. The van der Waals surface area contributed by atoms with E-state index >= 15 is 0 Å². The normalized spacial score (nSPS) is 9.89. The van der Waals surface area contributed by atoms with E-state index < -0.39 is 0 Å². The van der Waals surface area contributed by atoms with E-state index in [4.69, 9.17) is 19.9 Å². The zero-order valence-corrected chi connectivity index (χ0v) is 16.7. The first-order valence-corrected chi connectivity index (χ1v) is 8.48. The van der Waals surface area contributed by atoms with E-state index in [1.165, 1.54) is 0 Å². The van der Waals surface area contributed by atoms with Gasteiger partial charge in [0.2, 0.25) is 11.7 Å². The molecule has 148 valence electrons. The number of hydrogen-bond acceptors (Lipinski definition) is 5. The molecule has 0 atom stereocenters. The van der Waals surface area contributed by atoms with Gasteiger partial charge in [0.15, 0.2) is 11.5 Å². The van der Waals surface area contributed by atoms with Crippen LogP contribution in [0.2, 0.25) is 0 Å². The van der Waals surface area contributed by atoms with E-state index in [9.17, 15) is 4.79 Å². The molecule has 7 heteroatoms. The number of halogens is 1. The van der Waals surface area contributed by atoms with Crippen molar-refractivity contribution in [2.45, 2.75) is 19.3 Å². The zero-order chi connectivity index (χ0) is 18.9. The van der Waals surface area contributed by atoms with Crippen molar-refractivity contribution in [3.05, 3.63) is 47.5 Å². The maximum Gasteiger partial charge on any atom is 0.220 e. The number of hydrogen-bond donors (Lipinski definition) is 2. The summed E-state index contributed by atoms with van der Waals surface area (Å²) in [5, 5.41) is 2.94. The van der Waals surface area contributed by atoms with E-state index in [-0.39, 0.29) is 18.3 Å². The Morgan fingerprint density at radius 1 is 0.926 bits per heavy atom. The molecule has 0 heterocycles. The van der Waals surface area contributed by atoms with Gasteiger partial charge in [-0.25, -0.2) is 0 Å². The lowest BCUT2D eigenvalue weighted by molar-refractivity contribution is -0.121. The lowest BCUT2D eigenvalue weighted by atomic mass is 10.1. The van der Waals surface area contributed by atoms with Gasteiger partial charge >= 0.3 is 0 Å². The number of aryl methyl sites for hydroxylation is 1. The van der Waals surface area contributed by atoms with Crippen molar-refractivity contribution in [3.8, 4) is 17.2 Å². The molecule has 27 heavy (non-hydrogen) atoms. The molecular weight excluding hydrogens is 368 g/mol. The third kappa shape index (κ3) is 6.25. The standard InChI is InChI=1S/C20H26N2O4.ClH/c1-24-17-10-6-15(19(25-2)20(17)26-3)7-11-18(23)22-13-12-14-4-8-16(21)9-5-14;/h4-6,8-10H,7,11-13,21H2,1-3H3,(H,22,23);1H. The molecule has 0 aliphatic heterocycles. The molecule has 0 fully saturated rings. The molecule has 2 aromatic carbocycles. The van der Waals surface area contributed by atoms with Gasteiger partial charge < -0.3 is 25.3 Å². The van der Waals surface area contributed by atoms with E-state index in [1.54, 1.807) is 21.3 Å². The first kappa shape index (κ1) is 22.4. The summed E-state index contributed by atoms with van der Waals surface area (Å²) in [6.45, 7) is 0.589. The van der Waals surface area contributed by atoms with Gasteiger partial charge in [-0.05, 0) is 42.2 Å². The number of anilines is 1. The van der Waals surface area contributed by atoms with Crippen LogP contribution in [-0.2, 0) is 17.6 Å². The number of methoxy groups -OCH3 is 3. The molecule has 0 aromatic heterocycles. The zero-order valence-electron chi connectivity index (χ0n) is 15.9. The average molecular weight is 395 g/mol. The summed E-state index contributed by atoms with van der Waals surface area (Å²) in [4.78, 5) is 12.1. The first-order valence-electron chi connectivity index (χ1n) is 8.48. The highest BCUT2D eigenvalue weighted by Gasteiger charge is 2.16. The fourth-order valence-electron chi connectivity index (χ4n) is 2.73. The predicted octanol–water partition coefficient (Wildman–Crippen LogP) is 3.01. The van der Waals surface area contributed by atoms with Crippen LogP contribution in [0.1, 0.15) is 17.5 Å². The van der Waals surface area contributed by atoms with E-state index in [1.807, 2.05) is 36.4 Å². The fourth-order valence-corrected chi connectivity index (χ4v) is 2.73. The van der Waals surface area contributed by atoms with Crippen LogP contribution in [0.5, 0.6) is 17.2 Å². The number of benzene rings is 2. The lowest BCUT2D eigenvalue weighted by Gasteiger charge is -2.15. The number of nitrogen functional groups attached to an aromatic ring is 1. The third-order valence-electron chi connectivity index (χ3n) is 4.12. The van der Waals surface area contributed by atoms with Gasteiger partial charge in [-0.1, -0.05) is 18.2 Å². The molecule has 0 unspecified atom stereocenters. The van der Waals surface area contributed by atoms with E-state index in [0.717, 1.165) is 23.2 Å². The molecule has 6 nitrogen and oxygen atoms in total. The molecule has 0 radical (unpaired) electrons. The second-order valence-corrected chi connectivity index (χ2v) is 5.83. The van der Waals surface area contributed by atoms with Gasteiger partial charge in [-0.15, -0.1) is 12.4 Å². The van der Waals surface area contributed by atoms with Gasteiger partial charge in [0.25, 0.3) is 0 Å². The van der Waals surface area contributed by atoms with Crippen LogP contribution in [0.3, 0.4) is 0 Å². The van der Waals surface area contributed by atoms with Gasteiger partial charge in [-0.3, -0.25) is 4.79 Å². The molecule has 0 saturated carbocycles. The Labute approximate surface area is 166 Å². The van der Waals surface area contributed by atoms with Crippen LogP contribution in [0, 0.1) is 0 Å². The fraction of sp³-hybridized carbons (Fsp3) is 0.350. The second-order valence-electron chi connectivity index (χ2n) is 5.83. The number of ether oxygens (including phenoxy) is 3. The largest absolute Gasteiger partial charge is 0.493 e. The van der Waals surface area contributed by atoms with Gasteiger partial charge in [0, 0.05) is 18.7 Å². The molecule has 2 rings (SSSR count). The summed E-state index contributed by atoms with van der Waals surface area (Å²) >= 11 is 0. The summed E-state index contributed by atoms with van der Waals surface area (Å²) < 4.78 is 16.1. The quantitative estimate of drug-likeness (QED) is 0.639. The lowest BCUT2D eigenvalue weighted by Crippen LogP contribution is -2.25. The summed E-state index contributed by atoms with van der Waals surface area (Å²) in [6, 6.07) is 11.4. The van der Waals surface area contributed by atoms with Crippen molar-refractivity contribution < 1.29 is 19.0 Å². The number of carbonyl (C=O) groups is 1. The van der Waals surface area contributed by atoms with Crippen molar-refractivity contribution in [3.63, 3.8) is 0 Å². The second kappa shape index (κ2) is 11.2. The topological polar surface area (TPSA) is 82.8 Å². The minimum Gasteiger partial charge on any atom is -0.493 e. The molecule has 0 bridgehead atoms. The molecule has 0 aliphatic carbocycles. The van der Waals surface area contributed by atoms with Crippen molar-refractivity contribution >= 4 is 24.0 Å².